The molecule has 2 N–H and O–H groups in total. The van der Waals surface area contributed by atoms with Crippen LogP contribution in [0, 0.1) is 11.8 Å². The first-order chi connectivity index (χ1) is 19.6. The van der Waals surface area contributed by atoms with E-state index in [0.29, 0.717) is 24.9 Å². The number of urea groups is 1. The van der Waals surface area contributed by atoms with Crippen molar-refractivity contribution in [1.29, 1.82) is 0 Å². The number of hydrogen-bond acceptors (Lipinski definition) is 8. The molecular formula is C31H38N4O5S. The lowest BCUT2D eigenvalue weighted by atomic mass is 9.95. The van der Waals surface area contributed by atoms with Crippen LogP contribution in [0.1, 0.15) is 62.3 Å². The van der Waals surface area contributed by atoms with E-state index in [0.717, 1.165) is 15.2 Å². The van der Waals surface area contributed by atoms with Crippen LogP contribution in [0.5, 0.6) is 0 Å². The molecule has 2 heterocycles. The predicted molar refractivity (Wildman–Crippen MR) is 158 cm³/mol. The number of ether oxygens (including phenoxy) is 1. The van der Waals surface area contributed by atoms with Gasteiger partial charge in [0.15, 0.2) is 5.01 Å². The number of esters is 1. The Labute approximate surface area is 244 Å². The van der Waals surface area contributed by atoms with Crippen LogP contribution in [0.25, 0.3) is 10.2 Å². The smallest absolute Gasteiger partial charge is 0.327 e. The van der Waals surface area contributed by atoms with Crippen molar-refractivity contribution in [2.45, 2.75) is 71.7 Å². The summed E-state index contributed by atoms with van der Waals surface area (Å²) in [5.41, 5.74) is 7.83. The van der Waals surface area contributed by atoms with Crippen LogP contribution in [0.3, 0.4) is 0 Å². The first-order valence-corrected chi connectivity index (χ1v) is 14.9. The van der Waals surface area contributed by atoms with Crippen molar-refractivity contribution in [1.82, 2.24) is 14.8 Å². The summed E-state index contributed by atoms with van der Waals surface area (Å²) in [5, 5.41) is 0.232. The molecule has 0 bridgehead atoms. The Morgan fingerprint density at radius 2 is 1.71 bits per heavy atom. The minimum absolute atomic E-state index is 0.00496. The number of likely N-dealkylation sites (tertiary alicyclic amines) is 1. The number of carbonyl (C=O) groups excluding carboxylic acids is 4. The van der Waals surface area contributed by atoms with E-state index in [4.69, 9.17) is 10.5 Å². The van der Waals surface area contributed by atoms with Gasteiger partial charge in [-0.1, -0.05) is 70.2 Å². The van der Waals surface area contributed by atoms with Crippen LogP contribution in [0.15, 0.2) is 54.6 Å². The van der Waals surface area contributed by atoms with E-state index >= 15 is 0 Å². The molecule has 4 rings (SSSR count). The number of Topliss-reactive ketones (excluding diaryl/α,β-unsaturated/α-hetero) is 1. The van der Waals surface area contributed by atoms with Crippen LogP contribution < -0.4 is 5.73 Å². The van der Waals surface area contributed by atoms with Crippen LogP contribution in [-0.4, -0.2) is 63.1 Å². The summed E-state index contributed by atoms with van der Waals surface area (Å²) in [7, 11) is 0. The lowest BCUT2D eigenvalue weighted by molar-refractivity contribution is -0.146. The summed E-state index contributed by atoms with van der Waals surface area (Å²) in [5.74, 6) is -2.11. The summed E-state index contributed by atoms with van der Waals surface area (Å²) in [6, 6.07) is 13.6. The highest BCUT2D eigenvalue weighted by molar-refractivity contribution is 7.20. The number of para-hydroxylation sites is 1. The molecule has 218 valence electrons. The number of nitrogens with zero attached hydrogens (tertiary/aromatic N) is 3. The molecule has 1 saturated heterocycles. The van der Waals surface area contributed by atoms with Gasteiger partial charge in [-0.2, -0.15) is 0 Å². The summed E-state index contributed by atoms with van der Waals surface area (Å²) < 4.78 is 6.31. The number of benzene rings is 2. The summed E-state index contributed by atoms with van der Waals surface area (Å²) >= 11 is 1.24. The van der Waals surface area contributed by atoms with Gasteiger partial charge in [-0.15, -0.1) is 11.3 Å². The van der Waals surface area contributed by atoms with Crippen LogP contribution in [0.4, 0.5) is 4.79 Å². The SMILES string of the molecule is CC(C)C(C(=O)c1nc2ccccc2s1)N(C(=O)[C@@H](N)C(C)C)C(=O)N1CCC[C@H]1CC(=O)OCc1ccccc1. The monoisotopic (exact) mass is 578 g/mol. The molecule has 0 radical (unpaired) electrons. The highest BCUT2D eigenvalue weighted by atomic mass is 32.1. The molecule has 9 nitrogen and oxygen atoms in total. The number of imide groups is 1. The number of nitrogens with two attached hydrogens (primary N) is 1. The maximum Gasteiger partial charge on any atom is 0.327 e. The van der Waals surface area contributed by atoms with Gasteiger partial charge in [0, 0.05) is 12.6 Å². The van der Waals surface area contributed by atoms with Crippen molar-refractivity contribution < 1.29 is 23.9 Å². The van der Waals surface area contributed by atoms with Gasteiger partial charge in [-0.3, -0.25) is 19.3 Å². The normalized spacial score (nSPS) is 16.7. The van der Waals surface area contributed by atoms with E-state index in [9.17, 15) is 19.2 Å². The van der Waals surface area contributed by atoms with Gasteiger partial charge in [0.1, 0.15) is 12.6 Å². The summed E-state index contributed by atoms with van der Waals surface area (Å²) in [6.07, 6.45) is 1.25. The second kappa shape index (κ2) is 13.4. The van der Waals surface area contributed by atoms with E-state index in [1.54, 1.807) is 27.7 Å². The molecule has 2 aromatic carbocycles. The van der Waals surface area contributed by atoms with Crippen molar-refractivity contribution >= 4 is 45.2 Å². The lowest BCUT2D eigenvalue weighted by Gasteiger charge is -2.37. The first-order valence-electron chi connectivity index (χ1n) is 14.1. The predicted octanol–water partition coefficient (Wildman–Crippen LogP) is 5.03. The highest BCUT2D eigenvalue weighted by Gasteiger charge is 2.45. The minimum Gasteiger partial charge on any atom is -0.461 e. The molecule has 41 heavy (non-hydrogen) atoms. The first kappa shape index (κ1) is 30.3. The molecule has 1 fully saturated rings. The molecule has 0 aliphatic carbocycles. The minimum atomic E-state index is -1.10. The number of rotatable bonds is 10. The van der Waals surface area contributed by atoms with Gasteiger partial charge in [-0.05, 0) is 42.4 Å². The third-order valence-electron chi connectivity index (χ3n) is 7.40. The Bertz CT molecular complexity index is 1360. The number of thiazole rings is 1. The Morgan fingerprint density at radius 1 is 1.02 bits per heavy atom. The standard InChI is InChI=1S/C31H38N4O5S/c1-19(2)26(32)30(38)35(27(20(3)4)28(37)29-33-23-14-8-9-15-24(23)41-29)31(39)34-16-10-13-22(34)17-25(36)40-18-21-11-6-5-7-12-21/h5-9,11-12,14-15,19-20,22,26-27H,10,13,16-18,32H2,1-4H3/t22-,26-,27?/m0/s1. The van der Waals surface area contributed by atoms with Gasteiger partial charge < -0.3 is 15.4 Å². The van der Waals surface area contributed by atoms with E-state index < -0.39 is 47.7 Å². The second-order valence-electron chi connectivity index (χ2n) is 11.1. The molecule has 1 unspecified atom stereocenters. The Kier molecular flexibility index (Phi) is 9.88. The van der Waals surface area contributed by atoms with Crippen molar-refractivity contribution in [2.75, 3.05) is 6.54 Å². The molecule has 1 aromatic heterocycles. The number of hydrogen-bond donors (Lipinski definition) is 1. The summed E-state index contributed by atoms with van der Waals surface area (Å²) in [6.45, 7) is 7.69. The van der Waals surface area contributed by atoms with Crippen molar-refractivity contribution in [2.24, 2.45) is 17.6 Å². The quantitative estimate of drug-likeness (QED) is 0.264. The van der Waals surface area contributed by atoms with Crippen LogP contribution in [0.2, 0.25) is 0 Å². The highest BCUT2D eigenvalue weighted by Crippen LogP contribution is 2.29. The number of aromatic nitrogens is 1. The molecule has 0 saturated carbocycles. The molecule has 3 atom stereocenters. The number of carbonyl (C=O) groups is 4. The average molecular weight is 579 g/mol. The largest absolute Gasteiger partial charge is 0.461 e. The second-order valence-corrected chi connectivity index (χ2v) is 12.2. The van der Waals surface area contributed by atoms with E-state index in [-0.39, 0.29) is 24.0 Å². The fourth-order valence-electron chi connectivity index (χ4n) is 5.05. The Morgan fingerprint density at radius 3 is 2.37 bits per heavy atom. The molecular weight excluding hydrogens is 540 g/mol. The zero-order chi connectivity index (χ0) is 29.7. The van der Waals surface area contributed by atoms with E-state index in [1.807, 2.05) is 54.6 Å². The topological polar surface area (TPSA) is 123 Å². The zero-order valence-corrected chi connectivity index (χ0v) is 24.8. The molecule has 3 aromatic rings. The number of ketones is 1. The van der Waals surface area contributed by atoms with Gasteiger partial charge in [-0.25, -0.2) is 9.78 Å². The van der Waals surface area contributed by atoms with Gasteiger partial charge in [0.05, 0.1) is 22.7 Å². The average Bonchev–Trinajstić information content (AvgIpc) is 3.61. The molecule has 10 heteroatoms. The number of amides is 3. The fourth-order valence-corrected chi connectivity index (χ4v) is 5.98. The molecule has 3 amide bonds. The van der Waals surface area contributed by atoms with Gasteiger partial charge >= 0.3 is 12.0 Å². The third kappa shape index (κ3) is 7.00. The molecule has 1 aliphatic heterocycles. The van der Waals surface area contributed by atoms with Gasteiger partial charge in [0.25, 0.3) is 0 Å². The van der Waals surface area contributed by atoms with E-state index in [1.165, 1.54) is 16.2 Å². The van der Waals surface area contributed by atoms with Crippen molar-refractivity contribution in [3.05, 3.63) is 65.2 Å². The van der Waals surface area contributed by atoms with E-state index in [2.05, 4.69) is 4.98 Å². The molecule has 1 aliphatic rings. The maximum atomic E-state index is 14.2. The summed E-state index contributed by atoms with van der Waals surface area (Å²) in [4.78, 5) is 61.8. The fraction of sp³-hybridized carbons (Fsp3) is 0.452. The van der Waals surface area contributed by atoms with Crippen molar-refractivity contribution in [3.63, 3.8) is 0 Å². The van der Waals surface area contributed by atoms with Crippen LogP contribution >= 0.6 is 11.3 Å². The molecule has 0 spiro atoms. The third-order valence-corrected chi connectivity index (χ3v) is 8.45. The van der Waals surface area contributed by atoms with Crippen LogP contribution in [-0.2, 0) is 20.9 Å². The maximum absolute atomic E-state index is 14.2. The Balaban J connectivity index is 1.60. The lowest BCUT2D eigenvalue weighted by Crippen LogP contribution is -2.60. The van der Waals surface area contributed by atoms with Gasteiger partial charge in [0.2, 0.25) is 11.7 Å². The zero-order valence-electron chi connectivity index (χ0n) is 24.0. The number of fused-ring (bicyclic) bond motifs is 1. The Hall–Kier alpha value is -3.63. The van der Waals surface area contributed by atoms with Crippen molar-refractivity contribution in [3.8, 4) is 0 Å².